The minimum Gasteiger partial charge on any atom is -0.449 e. The van der Waals surface area contributed by atoms with Gasteiger partial charge in [-0.15, -0.1) is 11.6 Å². The molecule has 0 spiro atoms. The van der Waals surface area contributed by atoms with E-state index in [2.05, 4.69) is 5.32 Å². The van der Waals surface area contributed by atoms with Gasteiger partial charge in [-0.05, 0) is 5.92 Å². The van der Waals surface area contributed by atoms with E-state index in [1.807, 2.05) is 13.8 Å². The highest BCUT2D eigenvalue weighted by atomic mass is 35.5. The molecule has 0 aliphatic carbocycles. The van der Waals surface area contributed by atoms with Gasteiger partial charge in [0, 0.05) is 0 Å². The number of sulfone groups is 1. The molecule has 7 heteroatoms. The predicted octanol–water partition coefficient (Wildman–Crippen LogP) is 0.773. The van der Waals surface area contributed by atoms with Crippen molar-refractivity contribution >= 4 is 27.5 Å². The van der Waals surface area contributed by atoms with Crippen molar-refractivity contribution in [2.75, 3.05) is 18.1 Å². The Bertz CT molecular complexity index is 355. The molecule has 1 N–H and O–H groups in total. The maximum Gasteiger partial charge on any atom is 0.407 e. The fourth-order valence-corrected chi connectivity index (χ4v) is 3.92. The fraction of sp³-hybridized carbons (Fsp3) is 0.889. The second kappa shape index (κ2) is 5.23. The molecule has 5 nitrogen and oxygen atoms in total. The minimum absolute atomic E-state index is 0.0936. The van der Waals surface area contributed by atoms with Crippen molar-refractivity contribution in [1.82, 2.24) is 5.32 Å². The summed E-state index contributed by atoms with van der Waals surface area (Å²) in [5.41, 5.74) is 0. The molecule has 0 aromatic rings. The smallest absolute Gasteiger partial charge is 0.407 e. The summed E-state index contributed by atoms with van der Waals surface area (Å²) in [5.74, 6) is 0.0339. The summed E-state index contributed by atoms with van der Waals surface area (Å²) in [5, 5.41) is 1.89. The van der Waals surface area contributed by atoms with E-state index in [1.165, 1.54) is 0 Å². The van der Waals surface area contributed by atoms with Gasteiger partial charge in [-0.2, -0.15) is 0 Å². The second-order valence-electron chi connectivity index (χ2n) is 4.34. The third-order valence-electron chi connectivity index (χ3n) is 2.13. The number of carbonyl (C=O) groups excluding carboxylic acids is 1. The molecule has 1 fully saturated rings. The van der Waals surface area contributed by atoms with Crippen molar-refractivity contribution in [1.29, 1.82) is 0 Å². The number of halogens is 1. The SMILES string of the molecule is CC(C)COC(=O)NC1CS(=O)(=O)CC1Cl. The molecular weight excluding hydrogens is 254 g/mol. The van der Waals surface area contributed by atoms with Gasteiger partial charge in [0.2, 0.25) is 0 Å². The average Bonchev–Trinajstić information content (AvgIpc) is 2.36. The van der Waals surface area contributed by atoms with Crippen molar-refractivity contribution in [3.05, 3.63) is 0 Å². The van der Waals surface area contributed by atoms with Crippen LogP contribution >= 0.6 is 11.6 Å². The van der Waals surface area contributed by atoms with Gasteiger partial charge in [0.1, 0.15) is 0 Å². The van der Waals surface area contributed by atoms with E-state index < -0.39 is 27.3 Å². The molecule has 16 heavy (non-hydrogen) atoms. The molecule has 2 unspecified atom stereocenters. The summed E-state index contributed by atoms with van der Waals surface area (Å²) in [6.07, 6.45) is -0.610. The number of nitrogens with one attached hydrogen (secondary N) is 1. The molecule has 0 aromatic heterocycles. The van der Waals surface area contributed by atoms with Crippen LogP contribution in [-0.2, 0) is 14.6 Å². The standard InChI is InChI=1S/C9H16ClNO4S/c1-6(2)3-15-9(12)11-8-5-16(13,14)4-7(8)10/h6-8H,3-5H2,1-2H3,(H,11,12). The number of rotatable bonds is 3. The molecule has 0 radical (unpaired) electrons. The average molecular weight is 270 g/mol. The van der Waals surface area contributed by atoms with Gasteiger partial charge in [-0.3, -0.25) is 0 Å². The molecule has 1 saturated heterocycles. The van der Waals surface area contributed by atoms with E-state index in [1.54, 1.807) is 0 Å². The first-order valence-electron chi connectivity index (χ1n) is 5.08. The predicted molar refractivity (Wildman–Crippen MR) is 61.4 cm³/mol. The van der Waals surface area contributed by atoms with Crippen LogP contribution in [-0.4, -0.2) is 44.0 Å². The molecule has 0 aromatic carbocycles. The lowest BCUT2D eigenvalue weighted by molar-refractivity contribution is 0.130. The van der Waals surface area contributed by atoms with Crippen LogP contribution in [0.1, 0.15) is 13.8 Å². The highest BCUT2D eigenvalue weighted by Crippen LogP contribution is 2.18. The molecule has 1 rings (SSSR count). The number of hydrogen-bond donors (Lipinski definition) is 1. The first kappa shape index (κ1) is 13.6. The Labute approximate surface area is 100 Å². The topological polar surface area (TPSA) is 72.5 Å². The van der Waals surface area contributed by atoms with E-state index in [4.69, 9.17) is 16.3 Å². The minimum atomic E-state index is -3.12. The summed E-state index contributed by atoms with van der Waals surface area (Å²) in [7, 11) is -3.12. The molecule has 2 atom stereocenters. The van der Waals surface area contributed by atoms with Crippen LogP contribution in [0.15, 0.2) is 0 Å². The van der Waals surface area contributed by atoms with Crippen LogP contribution in [0.4, 0.5) is 4.79 Å². The lowest BCUT2D eigenvalue weighted by Gasteiger charge is -2.15. The largest absolute Gasteiger partial charge is 0.449 e. The first-order chi connectivity index (χ1) is 7.30. The summed E-state index contributed by atoms with van der Waals surface area (Å²) in [6.45, 7) is 4.13. The normalized spacial score (nSPS) is 28.0. The monoisotopic (exact) mass is 269 g/mol. The maximum absolute atomic E-state index is 11.3. The van der Waals surface area contributed by atoms with Crippen molar-refractivity contribution < 1.29 is 17.9 Å². The van der Waals surface area contributed by atoms with Crippen LogP contribution in [0.25, 0.3) is 0 Å². The number of carbonyl (C=O) groups is 1. The van der Waals surface area contributed by atoms with Gasteiger partial charge in [-0.25, -0.2) is 13.2 Å². The van der Waals surface area contributed by atoms with Crippen LogP contribution in [0.2, 0.25) is 0 Å². The molecular formula is C9H16ClNO4S. The van der Waals surface area contributed by atoms with Crippen LogP contribution < -0.4 is 5.32 Å². The number of alkyl carbamates (subject to hydrolysis) is 1. The third-order valence-corrected chi connectivity index (χ3v) is 4.51. The molecule has 1 aliphatic rings. The Balaban J connectivity index is 2.40. The molecule has 0 bridgehead atoms. The summed E-state index contributed by atoms with van der Waals surface area (Å²) in [6, 6.07) is -0.550. The van der Waals surface area contributed by atoms with Gasteiger partial charge in [0.15, 0.2) is 9.84 Å². The maximum atomic E-state index is 11.3. The van der Waals surface area contributed by atoms with E-state index in [-0.39, 0.29) is 17.4 Å². The van der Waals surface area contributed by atoms with Crippen LogP contribution in [0.3, 0.4) is 0 Å². The lowest BCUT2D eigenvalue weighted by Crippen LogP contribution is -2.41. The Kier molecular flexibility index (Phi) is 4.43. The molecule has 1 aliphatic heterocycles. The second-order valence-corrected chi connectivity index (χ2v) is 7.05. The van der Waals surface area contributed by atoms with Crippen molar-refractivity contribution in [3.8, 4) is 0 Å². The van der Waals surface area contributed by atoms with Crippen molar-refractivity contribution in [3.63, 3.8) is 0 Å². The van der Waals surface area contributed by atoms with E-state index >= 15 is 0 Å². The number of amides is 1. The summed E-state index contributed by atoms with van der Waals surface area (Å²) < 4.78 is 27.3. The zero-order valence-electron chi connectivity index (χ0n) is 9.27. The lowest BCUT2D eigenvalue weighted by atomic mass is 10.2. The zero-order chi connectivity index (χ0) is 12.3. The van der Waals surface area contributed by atoms with Crippen molar-refractivity contribution in [2.45, 2.75) is 25.3 Å². The highest BCUT2D eigenvalue weighted by Gasteiger charge is 2.37. The number of ether oxygens (including phenoxy) is 1. The van der Waals surface area contributed by atoms with Crippen LogP contribution in [0, 0.1) is 5.92 Å². The number of alkyl halides is 1. The zero-order valence-corrected chi connectivity index (χ0v) is 10.8. The van der Waals surface area contributed by atoms with Crippen molar-refractivity contribution in [2.24, 2.45) is 5.92 Å². The Morgan fingerprint density at radius 3 is 2.56 bits per heavy atom. The van der Waals surface area contributed by atoms with Gasteiger partial charge >= 0.3 is 6.09 Å². The Morgan fingerprint density at radius 2 is 2.12 bits per heavy atom. The Morgan fingerprint density at radius 1 is 1.50 bits per heavy atom. The first-order valence-corrected chi connectivity index (χ1v) is 7.34. The van der Waals surface area contributed by atoms with Gasteiger partial charge in [0.25, 0.3) is 0 Å². The molecule has 1 heterocycles. The fourth-order valence-electron chi connectivity index (χ4n) is 1.37. The highest BCUT2D eigenvalue weighted by molar-refractivity contribution is 7.91. The molecule has 94 valence electrons. The molecule has 0 saturated carbocycles. The Hall–Kier alpha value is -0.490. The summed E-state index contributed by atoms with van der Waals surface area (Å²) in [4.78, 5) is 11.3. The van der Waals surface area contributed by atoms with Crippen LogP contribution in [0.5, 0.6) is 0 Å². The van der Waals surface area contributed by atoms with E-state index in [0.29, 0.717) is 6.61 Å². The van der Waals surface area contributed by atoms with E-state index in [0.717, 1.165) is 0 Å². The molecule has 1 amide bonds. The third kappa shape index (κ3) is 4.17. The quantitative estimate of drug-likeness (QED) is 0.769. The number of hydrogen-bond acceptors (Lipinski definition) is 4. The summed E-state index contributed by atoms with van der Waals surface area (Å²) >= 11 is 5.82. The van der Waals surface area contributed by atoms with Gasteiger partial charge in [-0.1, -0.05) is 13.8 Å². The van der Waals surface area contributed by atoms with Gasteiger partial charge in [0.05, 0.1) is 29.5 Å². The van der Waals surface area contributed by atoms with Gasteiger partial charge < -0.3 is 10.1 Å². The van der Waals surface area contributed by atoms with E-state index in [9.17, 15) is 13.2 Å².